The Hall–Kier alpha value is -0.120. The van der Waals surface area contributed by atoms with Crippen molar-refractivity contribution in [3.63, 3.8) is 0 Å². The molecule has 11 heavy (non-hydrogen) atoms. The molecule has 0 spiro atoms. The van der Waals surface area contributed by atoms with Gasteiger partial charge >= 0.3 is 0 Å². The molecule has 0 aromatic carbocycles. The highest BCUT2D eigenvalue weighted by molar-refractivity contribution is 14.1. The molecule has 2 heteroatoms. The Kier molecular flexibility index (Phi) is 3.30. The molecule has 0 aliphatic heterocycles. The van der Waals surface area contributed by atoms with Crippen molar-refractivity contribution in [2.45, 2.75) is 24.2 Å². The lowest BCUT2D eigenvalue weighted by molar-refractivity contribution is 0.859. The summed E-state index contributed by atoms with van der Waals surface area (Å²) in [7, 11) is 0. The van der Waals surface area contributed by atoms with Gasteiger partial charge in [-0.3, -0.25) is 4.98 Å². The van der Waals surface area contributed by atoms with Crippen molar-refractivity contribution in [3.05, 3.63) is 29.6 Å². The van der Waals surface area contributed by atoms with Gasteiger partial charge in [0.1, 0.15) is 0 Å². The molecule has 60 valence electrons. The summed E-state index contributed by atoms with van der Waals surface area (Å²) < 4.78 is 0.998. The van der Waals surface area contributed by atoms with Crippen LogP contribution in [0.4, 0.5) is 0 Å². The number of alkyl halides is 1. The van der Waals surface area contributed by atoms with Crippen molar-refractivity contribution < 1.29 is 0 Å². The maximum atomic E-state index is 4.23. The van der Waals surface area contributed by atoms with Crippen LogP contribution in [0.25, 0.3) is 0 Å². The first-order valence-corrected chi connectivity index (χ1v) is 5.27. The highest BCUT2D eigenvalue weighted by Crippen LogP contribution is 2.14. The number of hydrogen-bond acceptors (Lipinski definition) is 1. The van der Waals surface area contributed by atoms with Gasteiger partial charge in [0.25, 0.3) is 0 Å². The Morgan fingerprint density at radius 1 is 1.55 bits per heavy atom. The lowest BCUT2D eigenvalue weighted by Gasteiger charge is -2.04. The summed E-state index contributed by atoms with van der Waals surface area (Å²) in [6.45, 7) is 4.40. The summed E-state index contributed by atoms with van der Waals surface area (Å²) >= 11 is 2.33. The molecule has 0 amide bonds. The zero-order valence-corrected chi connectivity index (χ0v) is 9.00. The normalized spacial score (nSPS) is 10.5. The highest BCUT2D eigenvalue weighted by Gasteiger charge is 1.99. The zero-order valence-electron chi connectivity index (χ0n) is 6.84. The third kappa shape index (κ3) is 2.43. The number of pyridine rings is 1. The summed E-state index contributed by atoms with van der Waals surface area (Å²) in [5, 5.41) is 0. The van der Waals surface area contributed by atoms with Crippen LogP contribution in [0.3, 0.4) is 0 Å². The van der Waals surface area contributed by atoms with Gasteiger partial charge in [-0.1, -0.05) is 36.4 Å². The monoisotopic (exact) mass is 261 g/mol. The minimum Gasteiger partial charge on any atom is -0.260 e. The second-order valence-corrected chi connectivity index (χ2v) is 3.63. The molecule has 0 aliphatic rings. The highest BCUT2D eigenvalue weighted by atomic mass is 127. The summed E-state index contributed by atoms with van der Waals surface area (Å²) in [5.74, 6) is 0.611. The predicted octanol–water partition coefficient (Wildman–Crippen LogP) is 3.14. The topological polar surface area (TPSA) is 12.9 Å². The molecular weight excluding hydrogens is 249 g/mol. The van der Waals surface area contributed by atoms with E-state index >= 15 is 0 Å². The molecule has 0 bridgehead atoms. The molecule has 1 nitrogen and oxygen atoms in total. The maximum Gasteiger partial charge on any atom is 0.0503 e. The third-order valence-corrected chi connectivity index (χ3v) is 2.43. The second kappa shape index (κ2) is 4.04. The molecule has 0 N–H and O–H groups in total. The van der Waals surface area contributed by atoms with E-state index in [9.17, 15) is 0 Å². The predicted molar refractivity (Wildman–Crippen MR) is 56.1 cm³/mol. The van der Waals surface area contributed by atoms with Gasteiger partial charge < -0.3 is 0 Å². The Labute approximate surface area is 81.4 Å². The van der Waals surface area contributed by atoms with Gasteiger partial charge in [0, 0.05) is 10.6 Å². The number of hydrogen-bond donors (Lipinski definition) is 0. The standard InChI is InChI=1S/C9H12IN/c1-7(2)8-3-4-11-9(5-8)6-10/h3-5,7H,6H2,1-2H3. The van der Waals surface area contributed by atoms with Crippen LogP contribution < -0.4 is 0 Å². The van der Waals surface area contributed by atoms with Gasteiger partial charge in [-0.15, -0.1) is 0 Å². The van der Waals surface area contributed by atoms with Crippen LogP contribution in [0.5, 0.6) is 0 Å². The van der Waals surface area contributed by atoms with E-state index in [1.54, 1.807) is 0 Å². The van der Waals surface area contributed by atoms with E-state index in [1.807, 2.05) is 6.20 Å². The van der Waals surface area contributed by atoms with Crippen LogP contribution in [-0.2, 0) is 4.43 Å². The fraction of sp³-hybridized carbons (Fsp3) is 0.444. The molecule has 0 saturated carbocycles. The Balaban J connectivity index is 2.91. The molecular formula is C9H12IN. The van der Waals surface area contributed by atoms with Crippen LogP contribution >= 0.6 is 22.6 Å². The number of aromatic nitrogens is 1. The van der Waals surface area contributed by atoms with Gasteiger partial charge in [-0.05, 0) is 23.6 Å². The van der Waals surface area contributed by atoms with Crippen molar-refractivity contribution in [1.82, 2.24) is 4.98 Å². The fourth-order valence-corrected chi connectivity index (χ4v) is 1.35. The van der Waals surface area contributed by atoms with Crippen LogP contribution in [-0.4, -0.2) is 4.98 Å². The Morgan fingerprint density at radius 3 is 2.82 bits per heavy atom. The van der Waals surface area contributed by atoms with E-state index in [0.717, 1.165) is 4.43 Å². The van der Waals surface area contributed by atoms with E-state index in [-0.39, 0.29) is 0 Å². The maximum absolute atomic E-state index is 4.23. The number of halogens is 1. The first-order valence-electron chi connectivity index (χ1n) is 3.75. The summed E-state index contributed by atoms with van der Waals surface area (Å²) in [6.07, 6.45) is 1.89. The molecule has 1 aromatic heterocycles. The van der Waals surface area contributed by atoms with Crippen LogP contribution in [0.2, 0.25) is 0 Å². The zero-order chi connectivity index (χ0) is 8.27. The van der Waals surface area contributed by atoms with Crippen LogP contribution in [0.15, 0.2) is 18.3 Å². The van der Waals surface area contributed by atoms with Crippen molar-refractivity contribution in [2.75, 3.05) is 0 Å². The van der Waals surface area contributed by atoms with E-state index in [0.29, 0.717) is 5.92 Å². The first-order chi connectivity index (χ1) is 5.24. The van der Waals surface area contributed by atoms with Crippen molar-refractivity contribution >= 4 is 22.6 Å². The first kappa shape index (κ1) is 8.97. The van der Waals surface area contributed by atoms with E-state index in [4.69, 9.17) is 0 Å². The number of nitrogens with zero attached hydrogens (tertiary/aromatic N) is 1. The molecule has 0 aliphatic carbocycles. The van der Waals surface area contributed by atoms with Gasteiger partial charge in [0.05, 0.1) is 5.69 Å². The van der Waals surface area contributed by atoms with Crippen molar-refractivity contribution in [2.24, 2.45) is 0 Å². The molecule has 0 saturated heterocycles. The second-order valence-electron chi connectivity index (χ2n) is 2.87. The van der Waals surface area contributed by atoms with E-state index in [2.05, 4.69) is 53.6 Å². The lowest BCUT2D eigenvalue weighted by Crippen LogP contribution is -1.91. The molecule has 0 atom stereocenters. The lowest BCUT2D eigenvalue weighted by atomic mass is 10.0. The Bertz CT molecular complexity index is 233. The van der Waals surface area contributed by atoms with Gasteiger partial charge in [0.2, 0.25) is 0 Å². The smallest absolute Gasteiger partial charge is 0.0503 e. The fourth-order valence-electron chi connectivity index (χ4n) is 0.929. The average Bonchev–Trinajstić information content (AvgIpc) is 2.05. The molecule has 1 rings (SSSR count). The van der Waals surface area contributed by atoms with Gasteiger partial charge in [0.15, 0.2) is 0 Å². The van der Waals surface area contributed by atoms with E-state index < -0.39 is 0 Å². The Morgan fingerprint density at radius 2 is 2.27 bits per heavy atom. The quantitative estimate of drug-likeness (QED) is 0.588. The van der Waals surface area contributed by atoms with Crippen molar-refractivity contribution in [1.29, 1.82) is 0 Å². The summed E-state index contributed by atoms with van der Waals surface area (Å²) in [5.41, 5.74) is 2.56. The van der Waals surface area contributed by atoms with E-state index in [1.165, 1.54) is 11.3 Å². The molecule has 1 heterocycles. The minimum atomic E-state index is 0.611. The summed E-state index contributed by atoms with van der Waals surface area (Å²) in [6, 6.07) is 4.26. The molecule has 0 unspecified atom stereocenters. The third-order valence-electron chi connectivity index (χ3n) is 1.64. The largest absolute Gasteiger partial charge is 0.260 e. The van der Waals surface area contributed by atoms with Gasteiger partial charge in [-0.25, -0.2) is 0 Å². The SMILES string of the molecule is CC(C)c1ccnc(CI)c1. The van der Waals surface area contributed by atoms with Crippen LogP contribution in [0.1, 0.15) is 31.0 Å². The number of rotatable bonds is 2. The van der Waals surface area contributed by atoms with Crippen LogP contribution in [0, 0.1) is 0 Å². The summed E-state index contributed by atoms with van der Waals surface area (Å²) in [4.78, 5) is 4.23. The molecule has 0 fully saturated rings. The average molecular weight is 261 g/mol. The van der Waals surface area contributed by atoms with Gasteiger partial charge in [-0.2, -0.15) is 0 Å². The minimum absolute atomic E-state index is 0.611. The molecule has 0 radical (unpaired) electrons. The van der Waals surface area contributed by atoms with Crippen molar-refractivity contribution in [3.8, 4) is 0 Å². The molecule has 1 aromatic rings.